The van der Waals surface area contributed by atoms with Crippen LogP contribution in [-0.4, -0.2) is 24.5 Å². The molecular weight excluding hydrogens is 230 g/mol. The molecule has 0 unspecified atom stereocenters. The van der Waals surface area contributed by atoms with Crippen LogP contribution in [-0.2, 0) is 9.53 Å². The predicted molar refractivity (Wildman–Crippen MR) is 69.2 cm³/mol. The van der Waals surface area contributed by atoms with Crippen LogP contribution in [0.4, 0.5) is 0 Å². The molecule has 4 heteroatoms. The molecule has 1 aromatic carbocycles. The highest BCUT2D eigenvalue weighted by molar-refractivity contribution is 5.96. The molecule has 1 N–H and O–H groups in total. The van der Waals surface area contributed by atoms with Gasteiger partial charge in [0.2, 0.25) is 0 Å². The van der Waals surface area contributed by atoms with Crippen LogP contribution < -0.4 is 5.32 Å². The van der Waals surface area contributed by atoms with E-state index in [0.717, 1.165) is 0 Å². The van der Waals surface area contributed by atoms with E-state index in [9.17, 15) is 9.59 Å². The number of amides is 1. The van der Waals surface area contributed by atoms with Crippen LogP contribution in [0.25, 0.3) is 0 Å². The number of esters is 1. The Labute approximate surface area is 107 Å². The second kappa shape index (κ2) is 6.79. The zero-order valence-electron chi connectivity index (χ0n) is 11.0. The van der Waals surface area contributed by atoms with Gasteiger partial charge in [-0.25, -0.2) is 4.79 Å². The number of carbonyl (C=O) groups is 2. The van der Waals surface area contributed by atoms with Gasteiger partial charge in [-0.1, -0.05) is 32.0 Å². The van der Waals surface area contributed by atoms with E-state index in [4.69, 9.17) is 4.74 Å². The third kappa shape index (κ3) is 4.57. The van der Waals surface area contributed by atoms with Crippen LogP contribution in [0.5, 0.6) is 0 Å². The van der Waals surface area contributed by atoms with Crippen LogP contribution in [0.3, 0.4) is 0 Å². The minimum atomic E-state index is -0.642. The monoisotopic (exact) mass is 249 g/mol. The molecule has 0 saturated carbocycles. The van der Waals surface area contributed by atoms with Gasteiger partial charge in [0, 0.05) is 5.56 Å². The van der Waals surface area contributed by atoms with Crippen LogP contribution in [0.15, 0.2) is 30.3 Å². The van der Waals surface area contributed by atoms with Gasteiger partial charge in [0.15, 0.2) is 0 Å². The Bertz CT molecular complexity index is 401. The Balaban J connectivity index is 2.47. The summed E-state index contributed by atoms with van der Waals surface area (Å²) >= 11 is 0. The summed E-state index contributed by atoms with van der Waals surface area (Å²) in [5.41, 5.74) is 0.529. The Morgan fingerprint density at radius 3 is 2.33 bits per heavy atom. The summed E-state index contributed by atoms with van der Waals surface area (Å²) in [6.07, 6.45) is 0. The van der Waals surface area contributed by atoms with E-state index in [1.807, 2.05) is 19.9 Å². The van der Waals surface area contributed by atoms with Crippen molar-refractivity contribution in [3.05, 3.63) is 35.9 Å². The summed E-state index contributed by atoms with van der Waals surface area (Å²) in [5.74, 6) is -0.399. The summed E-state index contributed by atoms with van der Waals surface area (Å²) in [5, 5.41) is 2.61. The molecule has 1 atom stereocenters. The van der Waals surface area contributed by atoms with Gasteiger partial charge in [0.05, 0.1) is 6.61 Å². The van der Waals surface area contributed by atoms with E-state index in [-0.39, 0.29) is 11.8 Å². The van der Waals surface area contributed by atoms with E-state index in [2.05, 4.69) is 5.32 Å². The largest absolute Gasteiger partial charge is 0.464 e. The van der Waals surface area contributed by atoms with Crippen molar-refractivity contribution in [3.8, 4) is 0 Å². The average molecular weight is 249 g/mol. The second-order valence-electron chi connectivity index (χ2n) is 4.59. The Morgan fingerprint density at radius 1 is 1.17 bits per heavy atom. The first kappa shape index (κ1) is 14.2. The second-order valence-corrected chi connectivity index (χ2v) is 4.59. The summed E-state index contributed by atoms with van der Waals surface area (Å²) in [6.45, 7) is 5.90. The standard InChI is InChI=1S/C14H19NO3/c1-10(2)9-18-14(17)11(3)15-13(16)12-7-5-4-6-8-12/h4-8,10-11H,9H2,1-3H3,(H,15,16)/t11-/m0/s1. The van der Waals surface area contributed by atoms with E-state index >= 15 is 0 Å². The Kier molecular flexibility index (Phi) is 5.36. The fourth-order valence-corrected chi connectivity index (χ4v) is 1.30. The molecule has 1 aromatic rings. The van der Waals surface area contributed by atoms with E-state index in [1.54, 1.807) is 31.2 Å². The van der Waals surface area contributed by atoms with Gasteiger partial charge in [0.1, 0.15) is 6.04 Å². The molecule has 0 heterocycles. The van der Waals surface area contributed by atoms with Crippen molar-refractivity contribution in [3.63, 3.8) is 0 Å². The molecule has 0 aliphatic rings. The van der Waals surface area contributed by atoms with Crippen LogP contribution in [0.1, 0.15) is 31.1 Å². The molecule has 0 aliphatic heterocycles. The topological polar surface area (TPSA) is 55.4 Å². The van der Waals surface area contributed by atoms with Crippen LogP contribution >= 0.6 is 0 Å². The lowest BCUT2D eigenvalue weighted by Gasteiger charge is -2.14. The van der Waals surface area contributed by atoms with Crippen molar-refractivity contribution >= 4 is 11.9 Å². The minimum absolute atomic E-state index is 0.274. The number of nitrogens with one attached hydrogen (secondary N) is 1. The van der Waals surface area contributed by atoms with E-state index in [1.165, 1.54) is 0 Å². The zero-order valence-corrected chi connectivity index (χ0v) is 11.0. The van der Waals surface area contributed by atoms with Gasteiger partial charge in [-0.2, -0.15) is 0 Å². The van der Waals surface area contributed by atoms with Gasteiger partial charge in [-0.05, 0) is 25.0 Å². The summed E-state index contributed by atoms with van der Waals surface area (Å²) in [6, 6.07) is 8.13. The maximum absolute atomic E-state index is 11.8. The highest BCUT2D eigenvalue weighted by Crippen LogP contribution is 2.00. The smallest absolute Gasteiger partial charge is 0.328 e. The number of ether oxygens (including phenoxy) is 1. The molecule has 1 rings (SSSR count). The minimum Gasteiger partial charge on any atom is -0.464 e. The van der Waals surface area contributed by atoms with Crippen LogP contribution in [0, 0.1) is 5.92 Å². The first-order chi connectivity index (χ1) is 8.50. The molecular formula is C14H19NO3. The van der Waals surface area contributed by atoms with Crippen molar-refractivity contribution < 1.29 is 14.3 Å². The van der Waals surface area contributed by atoms with Crippen LogP contribution in [0.2, 0.25) is 0 Å². The fraction of sp³-hybridized carbons (Fsp3) is 0.429. The molecule has 0 spiro atoms. The van der Waals surface area contributed by atoms with Crippen molar-refractivity contribution in [1.29, 1.82) is 0 Å². The Hall–Kier alpha value is -1.84. The molecule has 0 aromatic heterocycles. The Morgan fingerprint density at radius 2 is 1.78 bits per heavy atom. The highest BCUT2D eigenvalue weighted by atomic mass is 16.5. The van der Waals surface area contributed by atoms with Crippen molar-refractivity contribution in [1.82, 2.24) is 5.32 Å². The molecule has 0 bridgehead atoms. The van der Waals surface area contributed by atoms with E-state index in [0.29, 0.717) is 12.2 Å². The molecule has 98 valence electrons. The number of hydrogen-bond acceptors (Lipinski definition) is 3. The van der Waals surface area contributed by atoms with Gasteiger partial charge in [-0.15, -0.1) is 0 Å². The third-order valence-corrected chi connectivity index (χ3v) is 2.30. The predicted octanol–water partition coefficient (Wildman–Crippen LogP) is 2.00. The van der Waals surface area contributed by atoms with Crippen molar-refractivity contribution in [2.45, 2.75) is 26.8 Å². The molecule has 18 heavy (non-hydrogen) atoms. The van der Waals surface area contributed by atoms with Crippen molar-refractivity contribution in [2.75, 3.05) is 6.61 Å². The lowest BCUT2D eigenvalue weighted by Crippen LogP contribution is -2.39. The zero-order chi connectivity index (χ0) is 13.5. The average Bonchev–Trinajstić information content (AvgIpc) is 2.36. The first-order valence-corrected chi connectivity index (χ1v) is 6.03. The summed E-state index contributed by atoms with van der Waals surface area (Å²) in [7, 11) is 0. The van der Waals surface area contributed by atoms with Gasteiger partial charge in [-0.3, -0.25) is 4.79 Å². The molecule has 1 amide bonds. The maximum Gasteiger partial charge on any atom is 0.328 e. The molecule has 0 aliphatic carbocycles. The number of carbonyl (C=O) groups excluding carboxylic acids is 2. The maximum atomic E-state index is 11.8. The number of hydrogen-bond donors (Lipinski definition) is 1. The first-order valence-electron chi connectivity index (χ1n) is 6.03. The number of rotatable bonds is 5. The van der Waals surface area contributed by atoms with Gasteiger partial charge in [0.25, 0.3) is 5.91 Å². The summed E-state index contributed by atoms with van der Waals surface area (Å²) < 4.78 is 5.05. The van der Waals surface area contributed by atoms with Gasteiger partial charge >= 0.3 is 5.97 Å². The molecule has 0 fully saturated rings. The normalized spacial score (nSPS) is 12.0. The third-order valence-electron chi connectivity index (χ3n) is 2.30. The fourth-order valence-electron chi connectivity index (χ4n) is 1.30. The SMILES string of the molecule is CC(C)COC(=O)[C@H](C)NC(=O)c1ccccc1. The lowest BCUT2D eigenvalue weighted by molar-refractivity contribution is -0.146. The quantitative estimate of drug-likeness (QED) is 0.812. The van der Waals surface area contributed by atoms with Crippen molar-refractivity contribution in [2.24, 2.45) is 5.92 Å². The number of benzene rings is 1. The summed E-state index contributed by atoms with van der Waals surface area (Å²) in [4.78, 5) is 23.4. The highest BCUT2D eigenvalue weighted by Gasteiger charge is 2.17. The molecule has 0 radical (unpaired) electrons. The lowest BCUT2D eigenvalue weighted by atomic mass is 10.2. The molecule has 4 nitrogen and oxygen atoms in total. The van der Waals surface area contributed by atoms with Gasteiger partial charge < -0.3 is 10.1 Å². The molecule has 0 saturated heterocycles. The van der Waals surface area contributed by atoms with E-state index < -0.39 is 12.0 Å².